The van der Waals surface area contributed by atoms with E-state index >= 15 is 0 Å². The molecule has 0 aliphatic carbocycles. The van der Waals surface area contributed by atoms with Gasteiger partial charge in [-0.05, 0) is 0 Å². The van der Waals surface area contributed by atoms with E-state index in [-0.39, 0.29) is 0 Å². The second-order valence-electron chi connectivity index (χ2n) is 3.20. The molecule has 0 bridgehead atoms. The second kappa shape index (κ2) is 5.64. The Morgan fingerprint density at radius 2 is 1.75 bits per heavy atom. The van der Waals surface area contributed by atoms with Gasteiger partial charge in [0.1, 0.15) is 0 Å². The molecule has 1 aromatic carbocycles. The zero-order valence-corrected chi connectivity index (χ0v) is 11.0. The van der Waals surface area contributed by atoms with Crippen LogP contribution in [-0.2, 0) is 6.42 Å². The van der Waals surface area contributed by atoms with Crippen LogP contribution in [0.5, 0.6) is 0 Å². The monoisotopic (exact) mass is 270 g/mol. The third kappa shape index (κ3) is 3.63. The van der Waals surface area contributed by atoms with Gasteiger partial charge in [0.15, 0.2) is 0 Å². The van der Waals surface area contributed by atoms with Crippen molar-refractivity contribution in [2.24, 2.45) is 0 Å². The summed E-state index contributed by atoms with van der Waals surface area (Å²) in [7, 11) is 0. The van der Waals surface area contributed by atoms with Gasteiger partial charge in [0.05, 0.1) is 0 Å². The molecule has 1 rings (SSSR count). The molecule has 1 heteroatoms. The average Bonchev–Trinajstić information content (AvgIpc) is 2.09. The van der Waals surface area contributed by atoms with Crippen molar-refractivity contribution < 1.29 is 0 Å². The van der Waals surface area contributed by atoms with Gasteiger partial charge in [-0.2, -0.15) is 0 Å². The van der Waals surface area contributed by atoms with Gasteiger partial charge in [0.25, 0.3) is 0 Å². The van der Waals surface area contributed by atoms with Gasteiger partial charge >= 0.3 is 89.0 Å². The summed E-state index contributed by atoms with van der Waals surface area (Å²) < 4.78 is 1.49. The SMILES string of the molecule is CCCCCc1cc[c]([SbH2])cc1. The fourth-order valence-corrected chi connectivity index (χ4v) is 1.81. The fourth-order valence-electron chi connectivity index (χ4n) is 1.26. The van der Waals surface area contributed by atoms with E-state index in [1.54, 1.807) is 0 Å². The number of aryl methyl sites for hydroxylation is 1. The van der Waals surface area contributed by atoms with Crippen molar-refractivity contribution in [1.29, 1.82) is 0 Å². The molecule has 0 aliphatic heterocycles. The van der Waals surface area contributed by atoms with Crippen LogP contribution < -0.4 is 3.51 Å². The normalized spacial score (nSPS) is 10.2. The van der Waals surface area contributed by atoms with Crippen LogP contribution in [-0.4, -0.2) is 23.0 Å². The fraction of sp³-hybridized carbons (Fsp3) is 0.455. The van der Waals surface area contributed by atoms with E-state index in [9.17, 15) is 0 Å². The molecule has 0 N–H and O–H groups in total. The first-order valence-electron chi connectivity index (χ1n) is 4.67. The van der Waals surface area contributed by atoms with Gasteiger partial charge in [0.2, 0.25) is 0 Å². The zero-order valence-electron chi connectivity index (χ0n) is 7.72. The Balaban J connectivity index is 2.37. The molecule has 0 saturated heterocycles. The van der Waals surface area contributed by atoms with Crippen LogP contribution in [0.3, 0.4) is 0 Å². The molecule has 0 unspecified atom stereocenters. The van der Waals surface area contributed by atoms with Crippen molar-refractivity contribution in [2.45, 2.75) is 32.6 Å². The molecular weight excluding hydrogens is 254 g/mol. The third-order valence-corrected chi connectivity index (χ3v) is 3.15. The van der Waals surface area contributed by atoms with Crippen molar-refractivity contribution in [2.75, 3.05) is 0 Å². The number of hydrogen-bond acceptors (Lipinski definition) is 0. The summed E-state index contributed by atoms with van der Waals surface area (Å²) in [5.74, 6) is 0. The molecule has 0 amide bonds. The molecule has 1 aromatic rings. The molecule has 0 saturated carbocycles. The van der Waals surface area contributed by atoms with Crippen LogP contribution in [0.2, 0.25) is 0 Å². The van der Waals surface area contributed by atoms with Crippen LogP contribution in [0.15, 0.2) is 24.3 Å². The molecule has 0 aliphatic rings. The maximum absolute atomic E-state index is 2.27. The Morgan fingerprint density at radius 3 is 2.33 bits per heavy atom. The summed E-state index contributed by atoms with van der Waals surface area (Å²) in [5.41, 5.74) is 1.50. The van der Waals surface area contributed by atoms with Crippen LogP contribution >= 0.6 is 0 Å². The topological polar surface area (TPSA) is 0 Å². The van der Waals surface area contributed by atoms with E-state index in [1.807, 2.05) is 0 Å². The van der Waals surface area contributed by atoms with E-state index in [0.717, 1.165) is 0 Å². The van der Waals surface area contributed by atoms with E-state index in [1.165, 1.54) is 57.8 Å². The first kappa shape index (κ1) is 10.1. The van der Waals surface area contributed by atoms with Gasteiger partial charge in [-0.15, -0.1) is 0 Å². The predicted molar refractivity (Wildman–Crippen MR) is 57.8 cm³/mol. The van der Waals surface area contributed by atoms with E-state index in [2.05, 4.69) is 31.2 Å². The Hall–Kier alpha value is 0.0382. The molecule has 0 nitrogen and oxygen atoms in total. The molecule has 0 fully saturated rings. The maximum atomic E-state index is 2.27. The molecule has 0 aromatic heterocycles. The molecule has 0 radical (unpaired) electrons. The zero-order chi connectivity index (χ0) is 8.81. The van der Waals surface area contributed by atoms with Crippen LogP contribution in [0.4, 0.5) is 0 Å². The molecule has 66 valence electrons. The first-order valence-corrected chi connectivity index (χ1v) is 6.32. The standard InChI is InChI=1S/C11H15.Sb.2H/c1-2-3-5-8-11-9-6-4-7-10-11;;;/h6-7,9-10H,2-3,5,8H2,1H3;;;. The summed E-state index contributed by atoms with van der Waals surface area (Å²) in [6, 6.07) is 9.05. The summed E-state index contributed by atoms with van der Waals surface area (Å²) in [5, 5.41) is 0. The van der Waals surface area contributed by atoms with E-state index < -0.39 is 0 Å². The summed E-state index contributed by atoms with van der Waals surface area (Å²) in [6.45, 7) is 2.25. The van der Waals surface area contributed by atoms with Crippen molar-refractivity contribution >= 4 is 26.5 Å². The molecule has 0 atom stereocenters. The summed E-state index contributed by atoms with van der Waals surface area (Å²) >= 11 is 1.24. The summed E-state index contributed by atoms with van der Waals surface area (Å²) in [4.78, 5) is 0. The van der Waals surface area contributed by atoms with Gasteiger partial charge in [-0.3, -0.25) is 0 Å². The minimum atomic E-state index is 1.24. The van der Waals surface area contributed by atoms with Crippen molar-refractivity contribution in [3.8, 4) is 0 Å². The van der Waals surface area contributed by atoms with E-state index in [0.29, 0.717) is 0 Å². The van der Waals surface area contributed by atoms with Crippen LogP contribution in [0, 0.1) is 0 Å². The average molecular weight is 271 g/mol. The van der Waals surface area contributed by atoms with Crippen molar-refractivity contribution in [3.63, 3.8) is 0 Å². The van der Waals surface area contributed by atoms with Gasteiger partial charge in [0, 0.05) is 0 Å². The minimum absolute atomic E-state index is 1.24. The van der Waals surface area contributed by atoms with Crippen molar-refractivity contribution in [1.82, 2.24) is 0 Å². The molecule has 0 spiro atoms. The van der Waals surface area contributed by atoms with Crippen LogP contribution in [0.25, 0.3) is 0 Å². The Bertz CT molecular complexity index is 213. The Labute approximate surface area is 88.9 Å². The number of unbranched alkanes of at least 4 members (excludes halogenated alkanes) is 2. The quantitative estimate of drug-likeness (QED) is 0.577. The molecule has 0 heterocycles. The van der Waals surface area contributed by atoms with Gasteiger partial charge in [-0.25, -0.2) is 0 Å². The van der Waals surface area contributed by atoms with Crippen molar-refractivity contribution in [3.05, 3.63) is 29.8 Å². The van der Waals surface area contributed by atoms with Gasteiger partial charge < -0.3 is 0 Å². The Morgan fingerprint density at radius 1 is 1.08 bits per heavy atom. The number of hydrogen-bond donors (Lipinski definition) is 0. The molecular formula is C11H17Sb. The summed E-state index contributed by atoms with van der Waals surface area (Å²) in [6.07, 6.45) is 5.28. The third-order valence-electron chi connectivity index (χ3n) is 2.05. The predicted octanol–water partition coefficient (Wildman–Crippen LogP) is 1.68. The molecule has 12 heavy (non-hydrogen) atoms. The number of rotatable bonds is 4. The Kier molecular flexibility index (Phi) is 4.76. The second-order valence-corrected chi connectivity index (χ2v) is 5.10. The van der Waals surface area contributed by atoms with Crippen LogP contribution in [0.1, 0.15) is 31.7 Å². The number of benzene rings is 1. The van der Waals surface area contributed by atoms with E-state index in [4.69, 9.17) is 0 Å². The van der Waals surface area contributed by atoms with Gasteiger partial charge in [-0.1, -0.05) is 0 Å². The first-order chi connectivity index (χ1) is 5.83.